The van der Waals surface area contributed by atoms with Crippen LogP contribution in [0.3, 0.4) is 0 Å². The second-order valence-electron chi connectivity index (χ2n) is 6.25. The smallest absolute Gasteiger partial charge is 0.211 e. The van der Waals surface area contributed by atoms with Gasteiger partial charge < -0.3 is 10.0 Å². The number of nitrogens with one attached hydrogen (secondary N) is 1. The molecule has 0 aromatic carbocycles. The number of rotatable bonds is 7. The van der Waals surface area contributed by atoms with Gasteiger partial charge in [0.1, 0.15) is 0 Å². The van der Waals surface area contributed by atoms with Crippen LogP contribution in [0.15, 0.2) is 0 Å². The average molecular weight is 304 g/mol. The van der Waals surface area contributed by atoms with Gasteiger partial charge in [0.05, 0.1) is 11.9 Å². The normalized spacial score (nSPS) is 23.4. The van der Waals surface area contributed by atoms with E-state index in [1.54, 1.807) is 0 Å². The molecular weight excluding hydrogens is 276 g/mol. The number of piperidine rings is 1. The van der Waals surface area contributed by atoms with Crippen LogP contribution in [0.2, 0.25) is 0 Å². The number of sulfonamides is 1. The van der Waals surface area contributed by atoms with Crippen molar-refractivity contribution < 1.29 is 13.5 Å². The molecule has 1 saturated heterocycles. The zero-order valence-electron chi connectivity index (χ0n) is 12.3. The van der Waals surface area contributed by atoms with Gasteiger partial charge in [0.2, 0.25) is 10.0 Å². The molecule has 2 N–H and O–H groups in total. The number of nitrogens with zero attached hydrogens (tertiary/aromatic N) is 1. The molecule has 1 saturated carbocycles. The maximum Gasteiger partial charge on any atom is 0.211 e. The monoisotopic (exact) mass is 304 g/mol. The first-order valence-electron chi connectivity index (χ1n) is 7.93. The van der Waals surface area contributed by atoms with Crippen LogP contribution in [0.5, 0.6) is 0 Å². The first-order valence-corrected chi connectivity index (χ1v) is 9.58. The highest BCUT2D eigenvalue weighted by Gasteiger charge is 2.22. The Hall–Kier alpha value is -0.170. The summed E-state index contributed by atoms with van der Waals surface area (Å²) < 4.78 is 26.6. The molecule has 0 unspecified atom stereocenters. The lowest BCUT2D eigenvalue weighted by Crippen LogP contribution is -2.38. The van der Waals surface area contributed by atoms with Crippen molar-refractivity contribution >= 4 is 10.0 Å². The zero-order chi connectivity index (χ0) is 14.4. The molecule has 0 radical (unpaired) electrons. The van der Waals surface area contributed by atoms with E-state index in [0.717, 1.165) is 51.7 Å². The zero-order valence-corrected chi connectivity index (χ0v) is 13.1. The molecule has 1 aliphatic heterocycles. The van der Waals surface area contributed by atoms with Crippen LogP contribution in [0.1, 0.15) is 44.9 Å². The van der Waals surface area contributed by atoms with E-state index in [4.69, 9.17) is 0 Å². The molecule has 0 aromatic rings. The maximum atomic E-state index is 11.9. The van der Waals surface area contributed by atoms with E-state index in [0.29, 0.717) is 18.2 Å². The number of aliphatic hydroxyl groups excluding tert-OH is 1. The number of likely N-dealkylation sites (tertiary alicyclic amines) is 1. The standard InChI is InChI=1S/C14H28N2O3S/c17-14-6-10-16(11-7-14)9-3-8-15-20(18,19)12-13-4-1-2-5-13/h13-15,17H,1-12H2. The third-order valence-electron chi connectivity index (χ3n) is 4.46. The second-order valence-corrected chi connectivity index (χ2v) is 8.10. The third-order valence-corrected chi connectivity index (χ3v) is 6.01. The number of aliphatic hydroxyl groups is 1. The molecule has 2 fully saturated rings. The molecule has 0 amide bonds. The maximum absolute atomic E-state index is 11.9. The van der Waals surface area contributed by atoms with E-state index in [9.17, 15) is 13.5 Å². The molecule has 0 spiro atoms. The number of hydrogen-bond donors (Lipinski definition) is 2. The molecule has 0 bridgehead atoms. The summed E-state index contributed by atoms with van der Waals surface area (Å²) in [5, 5.41) is 9.42. The van der Waals surface area contributed by atoms with Crippen molar-refractivity contribution in [2.24, 2.45) is 5.92 Å². The Morgan fingerprint density at radius 2 is 1.75 bits per heavy atom. The minimum Gasteiger partial charge on any atom is -0.393 e. The Balaban J connectivity index is 1.57. The highest BCUT2D eigenvalue weighted by atomic mass is 32.2. The van der Waals surface area contributed by atoms with Crippen LogP contribution in [0, 0.1) is 5.92 Å². The summed E-state index contributed by atoms with van der Waals surface area (Å²) in [4.78, 5) is 2.30. The van der Waals surface area contributed by atoms with E-state index >= 15 is 0 Å². The molecular formula is C14H28N2O3S. The molecule has 0 atom stereocenters. The summed E-state index contributed by atoms with van der Waals surface area (Å²) >= 11 is 0. The summed E-state index contributed by atoms with van der Waals surface area (Å²) in [5.74, 6) is 0.680. The first-order chi connectivity index (χ1) is 9.55. The Morgan fingerprint density at radius 3 is 2.40 bits per heavy atom. The predicted molar refractivity (Wildman–Crippen MR) is 80.0 cm³/mol. The fourth-order valence-corrected chi connectivity index (χ4v) is 4.75. The van der Waals surface area contributed by atoms with E-state index in [1.165, 1.54) is 12.8 Å². The Morgan fingerprint density at radius 1 is 1.10 bits per heavy atom. The molecule has 118 valence electrons. The lowest BCUT2D eigenvalue weighted by atomic mass is 10.1. The van der Waals surface area contributed by atoms with Crippen molar-refractivity contribution in [1.29, 1.82) is 0 Å². The summed E-state index contributed by atoms with van der Waals surface area (Å²) in [7, 11) is -3.09. The van der Waals surface area contributed by atoms with Gasteiger partial charge in [-0.05, 0) is 44.6 Å². The van der Waals surface area contributed by atoms with Gasteiger partial charge in [-0.1, -0.05) is 12.8 Å². The van der Waals surface area contributed by atoms with E-state index in [1.807, 2.05) is 0 Å². The van der Waals surface area contributed by atoms with Crippen molar-refractivity contribution in [3.63, 3.8) is 0 Å². The average Bonchev–Trinajstić information content (AvgIpc) is 2.89. The fraction of sp³-hybridized carbons (Fsp3) is 1.00. The lowest BCUT2D eigenvalue weighted by molar-refractivity contribution is 0.0823. The van der Waals surface area contributed by atoms with E-state index in [2.05, 4.69) is 9.62 Å². The van der Waals surface area contributed by atoms with E-state index < -0.39 is 10.0 Å². The van der Waals surface area contributed by atoms with Crippen LogP contribution < -0.4 is 4.72 Å². The summed E-state index contributed by atoms with van der Waals surface area (Å²) in [6, 6.07) is 0. The molecule has 2 rings (SSSR count). The molecule has 20 heavy (non-hydrogen) atoms. The van der Waals surface area contributed by atoms with Crippen LogP contribution >= 0.6 is 0 Å². The van der Waals surface area contributed by atoms with Gasteiger partial charge in [0.25, 0.3) is 0 Å². The number of hydrogen-bond acceptors (Lipinski definition) is 4. The minimum atomic E-state index is -3.09. The first kappa shape index (κ1) is 16.2. The Bertz CT molecular complexity index is 372. The van der Waals surface area contributed by atoms with Crippen molar-refractivity contribution in [2.45, 2.75) is 51.0 Å². The van der Waals surface area contributed by atoms with Crippen LogP contribution in [-0.2, 0) is 10.0 Å². The van der Waals surface area contributed by atoms with Gasteiger partial charge in [-0.3, -0.25) is 0 Å². The quantitative estimate of drug-likeness (QED) is 0.687. The highest BCUT2D eigenvalue weighted by Crippen LogP contribution is 2.25. The van der Waals surface area contributed by atoms with Gasteiger partial charge >= 0.3 is 0 Å². The van der Waals surface area contributed by atoms with Gasteiger partial charge in [-0.25, -0.2) is 13.1 Å². The van der Waals surface area contributed by atoms with Crippen LogP contribution in [0.4, 0.5) is 0 Å². The van der Waals surface area contributed by atoms with Crippen LogP contribution in [-0.4, -0.2) is 56.5 Å². The molecule has 1 heterocycles. The molecule has 1 aliphatic carbocycles. The predicted octanol–water partition coefficient (Wildman–Crippen LogP) is 0.943. The van der Waals surface area contributed by atoms with Crippen LogP contribution in [0.25, 0.3) is 0 Å². The second kappa shape index (κ2) is 7.73. The van der Waals surface area contributed by atoms with Crippen molar-refractivity contribution in [3.8, 4) is 0 Å². The molecule has 2 aliphatic rings. The van der Waals surface area contributed by atoms with Gasteiger partial charge in [-0.2, -0.15) is 0 Å². The lowest BCUT2D eigenvalue weighted by Gasteiger charge is -2.29. The summed E-state index contributed by atoms with van der Waals surface area (Å²) in [6.45, 7) is 3.30. The topological polar surface area (TPSA) is 69.6 Å². The largest absolute Gasteiger partial charge is 0.393 e. The summed E-state index contributed by atoms with van der Waals surface area (Å²) in [5.41, 5.74) is 0. The van der Waals surface area contributed by atoms with Crippen molar-refractivity contribution in [3.05, 3.63) is 0 Å². The molecule has 6 heteroatoms. The van der Waals surface area contributed by atoms with Crippen molar-refractivity contribution in [1.82, 2.24) is 9.62 Å². The molecule has 0 aromatic heterocycles. The Labute approximate surface area is 122 Å². The minimum absolute atomic E-state index is 0.142. The molecule has 5 nitrogen and oxygen atoms in total. The highest BCUT2D eigenvalue weighted by molar-refractivity contribution is 7.89. The summed E-state index contributed by atoms with van der Waals surface area (Å²) in [6.07, 6.45) is 6.88. The SMILES string of the molecule is O=S(=O)(CC1CCCC1)NCCCN1CCC(O)CC1. The fourth-order valence-electron chi connectivity index (χ4n) is 3.22. The van der Waals surface area contributed by atoms with E-state index in [-0.39, 0.29) is 6.10 Å². The third kappa shape index (κ3) is 5.68. The Kier molecular flexibility index (Phi) is 6.26. The van der Waals surface area contributed by atoms with Gasteiger partial charge in [0.15, 0.2) is 0 Å². The van der Waals surface area contributed by atoms with Gasteiger partial charge in [0, 0.05) is 19.6 Å². The van der Waals surface area contributed by atoms with Gasteiger partial charge in [-0.15, -0.1) is 0 Å². The van der Waals surface area contributed by atoms with Crippen molar-refractivity contribution in [2.75, 3.05) is 31.9 Å².